The van der Waals surface area contributed by atoms with Crippen molar-refractivity contribution < 1.29 is 13.7 Å². The lowest BCUT2D eigenvalue weighted by atomic mass is 10.2. The monoisotopic (exact) mass is 249 g/mol. The molecule has 96 valence electrons. The smallest absolute Gasteiger partial charge is 0.253 e. The molecule has 0 amide bonds. The fraction of sp³-hybridized carbons (Fsp3) is 0.357. The Kier molecular flexibility index (Phi) is 3.65. The Morgan fingerprint density at radius 1 is 1.39 bits per heavy atom. The summed E-state index contributed by atoms with van der Waals surface area (Å²) in [4.78, 5) is 0. The largest absolute Gasteiger partial charge is 0.496 e. The molecule has 0 aliphatic carbocycles. The lowest BCUT2D eigenvalue weighted by Gasteiger charge is -2.07. The van der Waals surface area contributed by atoms with E-state index in [1.54, 1.807) is 13.2 Å². The summed E-state index contributed by atoms with van der Waals surface area (Å²) < 4.78 is 22.8. The summed E-state index contributed by atoms with van der Waals surface area (Å²) in [5, 5.41) is 0. The van der Waals surface area contributed by atoms with Crippen molar-refractivity contribution in [1.29, 1.82) is 0 Å². The molecule has 0 fully saturated rings. The summed E-state index contributed by atoms with van der Waals surface area (Å²) in [6.07, 6.45) is 4.03. The first-order valence-electron chi connectivity index (χ1n) is 6.03. The number of aryl methyl sites for hydroxylation is 1. The first-order valence-corrected chi connectivity index (χ1v) is 6.03. The van der Waals surface area contributed by atoms with Gasteiger partial charge in [-0.15, -0.1) is 0 Å². The lowest BCUT2D eigenvalue weighted by molar-refractivity contribution is -0.694. The molecule has 0 spiro atoms. The van der Waals surface area contributed by atoms with Crippen molar-refractivity contribution in [2.45, 2.75) is 26.9 Å². The topological polar surface area (TPSA) is 18.0 Å². The van der Waals surface area contributed by atoms with Crippen LogP contribution in [0.1, 0.15) is 18.3 Å². The highest BCUT2D eigenvalue weighted by atomic mass is 19.1. The number of aromatic nitrogens is 2. The van der Waals surface area contributed by atoms with Crippen molar-refractivity contribution in [2.75, 3.05) is 7.11 Å². The number of ether oxygens (including phenoxy) is 1. The molecule has 0 radical (unpaired) electrons. The number of halogens is 1. The summed E-state index contributed by atoms with van der Waals surface area (Å²) in [5.41, 5.74) is 0.847. The number of imidazole rings is 1. The van der Waals surface area contributed by atoms with Crippen molar-refractivity contribution in [3.05, 3.63) is 47.8 Å². The summed E-state index contributed by atoms with van der Waals surface area (Å²) in [7, 11) is 1.60. The third kappa shape index (κ3) is 2.37. The van der Waals surface area contributed by atoms with Crippen molar-refractivity contribution in [2.24, 2.45) is 0 Å². The zero-order valence-corrected chi connectivity index (χ0v) is 11.0. The first kappa shape index (κ1) is 12.6. The van der Waals surface area contributed by atoms with Gasteiger partial charge in [-0.1, -0.05) is 0 Å². The van der Waals surface area contributed by atoms with Gasteiger partial charge in [0, 0.05) is 12.5 Å². The van der Waals surface area contributed by atoms with Crippen molar-refractivity contribution in [1.82, 2.24) is 4.57 Å². The molecule has 1 aromatic carbocycles. The summed E-state index contributed by atoms with van der Waals surface area (Å²) in [6, 6.07) is 4.60. The predicted molar refractivity (Wildman–Crippen MR) is 67.1 cm³/mol. The van der Waals surface area contributed by atoms with Crippen LogP contribution in [0.15, 0.2) is 30.6 Å². The van der Waals surface area contributed by atoms with Crippen LogP contribution in [0.25, 0.3) is 0 Å². The van der Waals surface area contributed by atoms with Gasteiger partial charge >= 0.3 is 0 Å². The summed E-state index contributed by atoms with van der Waals surface area (Å²) in [6.45, 7) is 5.69. The number of hydrogen-bond donors (Lipinski definition) is 0. The van der Waals surface area contributed by atoms with Crippen molar-refractivity contribution in [3.8, 4) is 5.75 Å². The molecular weight excluding hydrogens is 231 g/mol. The van der Waals surface area contributed by atoms with Crippen molar-refractivity contribution >= 4 is 0 Å². The Balaban J connectivity index is 2.33. The molecule has 0 aliphatic heterocycles. The number of nitrogens with zero attached hydrogens (tertiary/aromatic N) is 2. The SMILES string of the molecule is CCn1cc[n+](Cc2cc(F)ccc2OC)c1C. The van der Waals surface area contributed by atoms with Crippen LogP contribution in [-0.4, -0.2) is 11.7 Å². The first-order chi connectivity index (χ1) is 8.65. The minimum atomic E-state index is -0.237. The van der Waals surface area contributed by atoms with Gasteiger partial charge in [0.1, 0.15) is 30.5 Å². The van der Waals surface area contributed by atoms with Gasteiger partial charge in [0.15, 0.2) is 0 Å². The van der Waals surface area contributed by atoms with Gasteiger partial charge in [0.05, 0.1) is 13.7 Å². The van der Waals surface area contributed by atoms with E-state index >= 15 is 0 Å². The Labute approximate surface area is 106 Å². The van der Waals surface area contributed by atoms with Crippen molar-refractivity contribution in [3.63, 3.8) is 0 Å². The van der Waals surface area contributed by atoms with E-state index in [4.69, 9.17) is 4.74 Å². The van der Waals surface area contributed by atoms with Gasteiger partial charge < -0.3 is 4.74 Å². The second-order valence-corrected chi connectivity index (χ2v) is 4.22. The molecule has 3 nitrogen and oxygen atoms in total. The molecule has 2 rings (SSSR count). The van der Waals surface area contributed by atoms with E-state index in [1.165, 1.54) is 12.1 Å². The molecule has 1 aromatic heterocycles. The molecule has 0 bridgehead atoms. The highest BCUT2D eigenvalue weighted by molar-refractivity contribution is 5.33. The average molecular weight is 249 g/mol. The van der Waals surface area contributed by atoms with E-state index in [0.717, 1.165) is 17.9 Å². The molecule has 0 aliphatic rings. The Hall–Kier alpha value is -1.84. The zero-order chi connectivity index (χ0) is 13.1. The fourth-order valence-electron chi connectivity index (χ4n) is 2.10. The molecular formula is C14H18FN2O+. The molecule has 4 heteroatoms. The molecule has 0 atom stereocenters. The van der Waals surface area contributed by atoms with E-state index in [0.29, 0.717) is 12.3 Å². The maximum Gasteiger partial charge on any atom is 0.253 e. The molecule has 0 unspecified atom stereocenters. The molecule has 0 saturated carbocycles. The third-order valence-electron chi connectivity index (χ3n) is 3.18. The average Bonchev–Trinajstić information content (AvgIpc) is 2.71. The van der Waals surface area contributed by atoms with E-state index in [9.17, 15) is 4.39 Å². The molecule has 2 aromatic rings. The van der Waals surface area contributed by atoms with Crippen LogP contribution in [0.2, 0.25) is 0 Å². The molecule has 18 heavy (non-hydrogen) atoms. The predicted octanol–water partition coefficient (Wildman–Crippen LogP) is 2.30. The maximum atomic E-state index is 13.3. The Bertz CT molecular complexity index is 549. The highest BCUT2D eigenvalue weighted by Gasteiger charge is 2.14. The maximum absolute atomic E-state index is 13.3. The molecule has 1 heterocycles. The minimum Gasteiger partial charge on any atom is -0.496 e. The van der Waals surface area contributed by atoms with E-state index < -0.39 is 0 Å². The minimum absolute atomic E-state index is 0.237. The Morgan fingerprint density at radius 3 is 2.78 bits per heavy atom. The number of methoxy groups -OCH3 is 1. The number of hydrogen-bond acceptors (Lipinski definition) is 1. The normalized spacial score (nSPS) is 10.7. The standard InChI is InChI=1S/C14H18FN2O/c1-4-16-7-8-17(11(16)2)10-12-9-13(15)5-6-14(12)18-3/h5-9H,4,10H2,1-3H3/q+1. The van der Waals surface area contributed by atoms with Crippen LogP contribution in [0.5, 0.6) is 5.75 Å². The van der Waals surface area contributed by atoms with Crippen LogP contribution in [-0.2, 0) is 13.1 Å². The number of rotatable bonds is 4. The zero-order valence-electron chi connectivity index (χ0n) is 11.0. The number of benzene rings is 1. The fourth-order valence-corrected chi connectivity index (χ4v) is 2.10. The van der Waals surface area contributed by atoms with E-state index in [1.807, 2.05) is 12.4 Å². The van der Waals surface area contributed by atoms with Gasteiger partial charge in [-0.25, -0.2) is 13.5 Å². The van der Waals surface area contributed by atoms with Gasteiger partial charge in [-0.3, -0.25) is 0 Å². The highest BCUT2D eigenvalue weighted by Crippen LogP contribution is 2.19. The molecule has 0 N–H and O–H groups in total. The third-order valence-corrected chi connectivity index (χ3v) is 3.18. The van der Waals surface area contributed by atoms with E-state index in [2.05, 4.69) is 23.0 Å². The van der Waals surface area contributed by atoms with Gasteiger partial charge in [0.25, 0.3) is 5.82 Å². The van der Waals surface area contributed by atoms with Crippen LogP contribution in [0.3, 0.4) is 0 Å². The van der Waals surface area contributed by atoms with Crippen LogP contribution < -0.4 is 9.30 Å². The van der Waals surface area contributed by atoms with Crippen LogP contribution in [0, 0.1) is 12.7 Å². The van der Waals surface area contributed by atoms with Crippen LogP contribution >= 0.6 is 0 Å². The quantitative estimate of drug-likeness (QED) is 0.760. The van der Waals surface area contributed by atoms with E-state index in [-0.39, 0.29) is 5.82 Å². The second kappa shape index (κ2) is 5.21. The van der Waals surface area contributed by atoms with Gasteiger partial charge in [-0.2, -0.15) is 0 Å². The van der Waals surface area contributed by atoms with Crippen LogP contribution in [0.4, 0.5) is 4.39 Å². The molecule has 0 saturated heterocycles. The Morgan fingerprint density at radius 2 is 2.17 bits per heavy atom. The summed E-state index contributed by atoms with van der Waals surface area (Å²) in [5.74, 6) is 1.62. The van der Waals surface area contributed by atoms with Gasteiger partial charge in [-0.05, 0) is 25.1 Å². The van der Waals surface area contributed by atoms with Gasteiger partial charge in [0.2, 0.25) is 0 Å². The second-order valence-electron chi connectivity index (χ2n) is 4.22. The lowest BCUT2D eigenvalue weighted by Crippen LogP contribution is -2.36. The summed E-state index contributed by atoms with van der Waals surface area (Å²) >= 11 is 0.